The summed E-state index contributed by atoms with van der Waals surface area (Å²) in [5.41, 5.74) is 0. The van der Waals surface area contributed by atoms with E-state index in [1.807, 2.05) is 36.4 Å². The van der Waals surface area contributed by atoms with Crippen LogP contribution in [0.15, 0.2) is 60.7 Å². The summed E-state index contributed by atoms with van der Waals surface area (Å²) in [5.74, 6) is 1.23. The molecule has 0 radical (unpaired) electrons. The van der Waals surface area contributed by atoms with Crippen molar-refractivity contribution in [3.05, 3.63) is 60.7 Å². The lowest BCUT2D eigenvalue weighted by molar-refractivity contribution is 0.415. The highest BCUT2D eigenvalue weighted by Crippen LogP contribution is 2.05. The molecule has 2 aromatic rings. The van der Waals surface area contributed by atoms with E-state index in [4.69, 9.17) is 9.84 Å². The summed E-state index contributed by atoms with van der Waals surface area (Å²) in [6.45, 7) is 0. The molecule has 0 aliphatic rings. The number of ether oxygens (including phenoxy) is 1. The lowest BCUT2D eigenvalue weighted by Crippen LogP contribution is -1.78. The van der Waals surface area contributed by atoms with E-state index >= 15 is 0 Å². The van der Waals surface area contributed by atoms with Gasteiger partial charge in [-0.25, -0.2) is 0 Å². The average molecular weight is 202 g/mol. The average Bonchev–Trinajstić information content (AvgIpc) is 2.32. The van der Waals surface area contributed by atoms with Crippen LogP contribution in [0.25, 0.3) is 0 Å². The minimum atomic E-state index is 0.322. The van der Waals surface area contributed by atoms with Gasteiger partial charge in [0.05, 0.1) is 7.11 Å². The largest absolute Gasteiger partial charge is 0.508 e. The molecule has 0 unspecified atom stereocenters. The lowest BCUT2D eigenvalue weighted by atomic mass is 10.3. The van der Waals surface area contributed by atoms with Gasteiger partial charge in [0.15, 0.2) is 0 Å². The van der Waals surface area contributed by atoms with Crippen molar-refractivity contribution in [2.75, 3.05) is 7.11 Å². The molecule has 0 aliphatic heterocycles. The van der Waals surface area contributed by atoms with E-state index in [1.54, 1.807) is 31.4 Å². The van der Waals surface area contributed by atoms with Gasteiger partial charge in [-0.05, 0) is 24.3 Å². The second kappa shape index (κ2) is 6.49. The van der Waals surface area contributed by atoms with E-state index in [-0.39, 0.29) is 0 Å². The number of hydrogen-bond acceptors (Lipinski definition) is 2. The summed E-state index contributed by atoms with van der Waals surface area (Å²) in [7, 11) is 1.66. The summed E-state index contributed by atoms with van der Waals surface area (Å²) in [6.07, 6.45) is 0. The molecule has 0 aliphatic carbocycles. The third kappa shape index (κ3) is 4.72. The highest BCUT2D eigenvalue weighted by Gasteiger charge is 1.80. The molecular weight excluding hydrogens is 188 g/mol. The SMILES string of the molecule is COc1ccccc1.Oc1ccccc1. The zero-order valence-electron chi connectivity index (χ0n) is 8.63. The van der Waals surface area contributed by atoms with Gasteiger partial charge in [-0.2, -0.15) is 0 Å². The van der Waals surface area contributed by atoms with Gasteiger partial charge in [0.1, 0.15) is 11.5 Å². The molecule has 2 nitrogen and oxygen atoms in total. The zero-order valence-corrected chi connectivity index (χ0v) is 8.63. The Bertz CT molecular complexity index is 357. The molecule has 0 saturated carbocycles. The van der Waals surface area contributed by atoms with Gasteiger partial charge in [0.2, 0.25) is 0 Å². The lowest BCUT2D eigenvalue weighted by Gasteiger charge is -1.93. The molecule has 15 heavy (non-hydrogen) atoms. The molecule has 0 amide bonds. The number of aromatic hydroxyl groups is 1. The predicted octanol–water partition coefficient (Wildman–Crippen LogP) is 3.09. The Morgan fingerprint density at radius 1 is 0.800 bits per heavy atom. The van der Waals surface area contributed by atoms with Gasteiger partial charge < -0.3 is 9.84 Å². The van der Waals surface area contributed by atoms with Crippen molar-refractivity contribution in [3.8, 4) is 11.5 Å². The van der Waals surface area contributed by atoms with Crippen LogP contribution in [-0.2, 0) is 0 Å². The normalized spacial score (nSPS) is 8.60. The minimum Gasteiger partial charge on any atom is -0.508 e. The van der Waals surface area contributed by atoms with Crippen LogP contribution < -0.4 is 4.74 Å². The summed E-state index contributed by atoms with van der Waals surface area (Å²) < 4.78 is 4.91. The molecule has 78 valence electrons. The van der Waals surface area contributed by atoms with Gasteiger partial charge in [-0.1, -0.05) is 36.4 Å². The van der Waals surface area contributed by atoms with Crippen molar-refractivity contribution in [3.63, 3.8) is 0 Å². The predicted molar refractivity (Wildman–Crippen MR) is 61.1 cm³/mol. The van der Waals surface area contributed by atoms with Crippen LogP contribution in [0, 0.1) is 0 Å². The van der Waals surface area contributed by atoms with E-state index < -0.39 is 0 Å². The maximum atomic E-state index is 8.63. The highest BCUT2D eigenvalue weighted by molar-refractivity contribution is 5.20. The van der Waals surface area contributed by atoms with Crippen molar-refractivity contribution in [2.24, 2.45) is 0 Å². The van der Waals surface area contributed by atoms with Crippen LogP contribution in [0.5, 0.6) is 11.5 Å². The maximum Gasteiger partial charge on any atom is 0.118 e. The Labute approximate surface area is 89.8 Å². The Kier molecular flexibility index (Phi) is 4.81. The second-order valence-electron chi connectivity index (χ2n) is 2.85. The van der Waals surface area contributed by atoms with E-state index in [0.29, 0.717) is 5.75 Å². The molecule has 0 fully saturated rings. The van der Waals surface area contributed by atoms with Gasteiger partial charge in [-0.15, -0.1) is 0 Å². The van der Waals surface area contributed by atoms with E-state index in [2.05, 4.69) is 0 Å². The Morgan fingerprint density at radius 2 is 1.27 bits per heavy atom. The smallest absolute Gasteiger partial charge is 0.118 e. The third-order valence-corrected chi connectivity index (χ3v) is 1.74. The molecule has 0 aromatic heterocycles. The molecule has 0 heterocycles. The fraction of sp³-hybridized carbons (Fsp3) is 0.0769. The van der Waals surface area contributed by atoms with Gasteiger partial charge in [0, 0.05) is 0 Å². The Balaban J connectivity index is 0.000000151. The van der Waals surface area contributed by atoms with Crippen molar-refractivity contribution in [1.82, 2.24) is 0 Å². The fourth-order valence-corrected chi connectivity index (χ4v) is 0.985. The first kappa shape index (κ1) is 11.1. The molecule has 1 N–H and O–H groups in total. The first-order chi connectivity index (χ1) is 7.33. The molecular formula is C13H14O2. The number of para-hydroxylation sites is 2. The van der Waals surface area contributed by atoms with Crippen LogP contribution in [0.1, 0.15) is 0 Å². The monoisotopic (exact) mass is 202 g/mol. The molecule has 0 spiro atoms. The standard InChI is InChI=1S/C7H8O.C6H6O/c1-8-7-5-3-2-4-6-7;7-6-4-2-1-3-5-6/h2-6H,1H3;1-5,7H. The second-order valence-corrected chi connectivity index (χ2v) is 2.85. The third-order valence-electron chi connectivity index (χ3n) is 1.74. The molecule has 2 rings (SSSR count). The minimum absolute atomic E-state index is 0.322. The quantitative estimate of drug-likeness (QED) is 0.770. The van der Waals surface area contributed by atoms with Crippen molar-refractivity contribution < 1.29 is 9.84 Å². The van der Waals surface area contributed by atoms with Crippen molar-refractivity contribution in [2.45, 2.75) is 0 Å². The van der Waals surface area contributed by atoms with Crippen LogP contribution in [0.4, 0.5) is 0 Å². The van der Waals surface area contributed by atoms with Crippen LogP contribution in [-0.4, -0.2) is 12.2 Å². The van der Waals surface area contributed by atoms with E-state index in [9.17, 15) is 0 Å². The zero-order chi connectivity index (χ0) is 10.9. The number of phenolic OH excluding ortho intramolecular Hbond substituents is 1. The number of hydrogen-bond donors (Lipinski definition) is 1. The van der Waals surface area contributed by atoms with E-state index in [1.165, 1.54) is 0 Å². The summed E-state index contributed by atoms with van der Waals surface area (Å²) in [4.78, 5) is 0. The van der Waals surface area contributed by atoms with Crippen molar-refractivity contribution >= 4 is 0 Å². The number of benzene rings is 2. The van der Waals surface area contributed by atoms with Gasteiger partial charge >= 0.3 is 0 Å². The summed E-state index contributed by atoms with van der Waals surface area (Å²) in [5, 5.41) is 8.63. The first-order valence-corrected chi connectivity index (χ1v) is 4.66. The summed E-state index contributed by atoms with van der Waals surface area (Å²) >= 11 is 0. The van der Waals surface area contributed by atoms with Gasteiger partial charge in [0.25, 0.3) is 0 Å². The summed E-state index contributed by atoms with van der Waals surface area (Å²) in [6, 6.07) is 18.4. The number of phenols is 1. The highest BCUT2D eigenvalue weighted by atomic mass is 16.5. The topological polar surface area (TPSA) is 29.5 Å². The Morgan fingerprint density at radius 3 is 1.53 bits per heavy atom. The molecule has 0 saturated heterocycles. The van der Waals surface area contributed by atoms with Gasteiger partial charge in [-0.3, -0.25) is 0 Å². The maximum absolute atomic E-state index is 8.63. The van der Waals surface area contributed by atoms with E-state index in [0.717, 1.165) is 5.75 Å². The number of methoxy groups -OCH3 is 1. The fourth-order valence-electron chi connectivity index (χ4n) is 0.985. The number of rotatable bonds is 1. The van der Waals surface area contributed by atoms with Crippen LogP contribution in [0.3, 0.4) is 0 Å². The molecule has 0 bridgehead atoms. The molecule has 0 atom stereocenters. The van der Waals surface area contributed by atoms with Crippen molar-refractivity contribution in [1.29, 1.82) is 0 Å². The first-order valence-electron chi connectivity index (χ1n) is 4.66. The molecule has 2 heteroatoms. The van der Waals surface area contributed by atoms with Crippen LogP contribution >= 0.6 is 0 Å². The van der Waals surface area contributed by atoms with Crippen LogP contribution in [0.2, 0.25) is 0 Å². The Hall–Kier alpha value is -1.96. The molecule has 2 aromatic carbocycles.